The third-order valence-corrected chi connectivity index (χ3v) is 2.76. The van der Waals surface area contributed by atoms with Crippen LogP contribution in [0.15, 0.2) is 48.5 Å². The fourth-order valence-corrected chi connectivity index (χ4v) is 1.78. The van der Waals surface area contributed by atoms with E-state index in [1.54, 1.807) is 18.2 Å². The molecule has 0 heterocycles. The number of carbonyl (C=O) groups is 3. The summed E-state index contributed by atoms with van der Waals surface area (Å²) in [5, 5.41) is 21.8. The lowest BCUT2D eigenvalue weighted by Crippen LogP contribution is -2.27. The molecule has 2 rings (SSSR count). The lowest BCUT2D eigenvalue weighted by molar-refractivity contribution is -0.256. The van der Waals surface area contributed by atoms with E-state index in [4.69, 9.17) is 0 Å². The Morgan fingerprint density at radius 3 is 1.90 bits per heavy atom. The van der Waals surface area contributed by atoms with Crippen molar-refractivity contribution in [2.75, 3.05) is 0 Å². The number of aromatic carboxylic acids is 2. The lowest BCUT2D eigenvalue weighted by atomic mass is 9.96. The number of carbonyl (C=O) groups excluding carboxylic acids is 3. The van der Waals surface area contributed by atoms with Gasteiger partial charge in [0.05, 0.1) is 11.9 Å². The van der Waals surface area contributed by atoms with Crippen LogP contribution < -0.4 is 10.2 Å². The van der Waals surface area contributed by atoms with Gasteiger partial charge < -0.3 is 19.8 Å². The van der Waals surface area contributed by atoms with Crippen molar-refractivity contribution in [2.45, 2.75) is 0 Å². The van der Waals surface area contributed by atoms with E-state index in [1.165, 1.54) is 12.1 Å². The van der Waals surface area contributed by atoms with E-state index in [9.17, 15) is 24.6 Å². The van der Waals surface area contributed by atoms with Crippen molar-refractivity contribution in [3.63, 3.8) is 0 Å². The normalized spacial score (nSPS) is 10.0. The first-order valence-electron chi connectivity index (χ1n) is 5.67. The molecule has 0 bridgehead atoms. The molecule has 0 amide bonds. The van der Waals surface area contributed by atoms with Crippen molar-refractivity contribution >= 4 is 17.7 Å². The zero-order valence-corrected chi connectivity index (χ0v) is 10.2. The fourth-order valence-electron chi connectivity index (χ4n) is 1.78. The quantitative estimate of drug-likeness (QED) is 0.705. The van der Waals surface area contributed by atoms with Crippen molar-refractivity contribution < 1.29 is 24.6 Å². The second kappa shape index (κ2) is 5.36. The van der Waals surface area contributed by atoms with Gasteiger partial charge in [-0.05, 0) is 11.6 Å². The van der Waals surface area contributed by atoms with Gasteiger partial charge in [-0.2, -0.15) is 0 Å². The number of hydrogen-bond acceptors (Lipinski definition) is 5. The van der Waals surface area contributed by atoms with E-state index in [2.05, 4.69) is 0 Å². The number of carboxylic acid groups (broad SMARTS) is 2. The molecule has 0 atom stereocenters. The molecule has 0 aliphatic heterocycles. The van der Waals surface area contributed by atoms with Crippen LogP contribution in [0, 0.1) is 0 Å². The van der Waals surface area contributed by atoms with E-state index in [0.717, 1.165) is 18.2 Å². The highest BCUT2D eigenvalue weighted by Crippen LogP contribution is 2.16. The molecule has 2 aromatic carbocycles. The molecule has 0 fully saturated rings. The molecule has 0 unspecified atom stereocenters. The zero-order valence-electron chi connectivity index (χ0n) is 10.2. The predicted octanol–water partition coefficient (Wildman–Crippen LogP) is -0.355. The zero-order chi connectivity index (χ0) is 14.7. The van der Waals surface area contributed by atoms with Crippen molar-refractivity contribution in [1.82, 2.24) is 0 Å². The Morgan fingerprint density at radius 2 is 1.35 bits per heavy atom. The maximum Gasteiger partial charge on any atom is 0.193 e. The summed E-state index contributed by atoms with van der Waals surface area (Å²) in [5.41, 5.74) is -0.610. The Balaban J connectivity index is 2.58. The minimum absolute atomic E-state index is 0.238. The Kier molecular flexibility index (Phi) is 3.61. The van der Waals surface area contributed by atoms with Gasteiger partial charge in [0.1, 0.15) is 0 Å². The first-order valence-corrected chi connectivity index (χ1v) is 5.67. The molecule has 0 saturated heterocycles. The van der Waals surface area contributed by atoms with E-state index < -0.39 is 17.7 Å². The van der Waals surface area contributed by atoms with Crippen LogP contribution in [0.2, 0.25) is 0 Å². The summed E-state index contributed by atoms with van der Waals surface area (Å²) in [7, 11) is 0. The summed E-state index contributed by atoms with van der Waals surface area (Å²) in [5.74, 6) is -3.63. The summed E-state index contributed by atoms with van der Waals surface area (Å²) in [6.07, 6.45) is 0. The molecule has 100 valence electrons. The Bertz CT molecular complexity index is 689. The van der Waals surface area contributed by atoms with Gasteiger partial charge >= 0.3 is 0 Å². The highest BCUT2D eigenvalue weighted by molar-refractivity contribution is 6.14. The Labute approximate surface area is 114 Å². The Hall–Kier alpha value is -2.95. The summed E-state index contributed by atoms with van der Waals surface area (Å²) in [6, 6.07) is 11.0. The fraction of sp³-hybridized carbons (Fsp3) is 0. The van der Waals surface area contributed by atoms with Crippen molar-refractivity contribution in [2.24, 2.45) is 0 Å². The molecule has 0 saturated carbocycles. The van der Waals surface area contributed by atoms with Gasteiger partial charge in [0.15, 0.2) is 5.78 Å². The van der Waals surface area contributed by atoms with Gasteiger partial charge in [0.25, 0.3) is 0 Å². The van der Waals surface area contributed by atoms with Gasteiger partial charge in [-0.25, -0.2) is 0 Å². The maximum absolute atomic E-state index is 12.2. The SMILES string of the molecule is O=C([O-])c1ccc(C(=O)[O-])c(C(=O)c2ccccc2)c1. The van der Waals surface area contributed by atoms with Gasteiger partial charge in [-0.3, -0.25) is 4.79 Å². The second-order valence-electron chi connectivity index (χ2n) is 4.03. The average molecular weight is 268 g/mol. The highest BCUT2D eigenvalue weighted by Gasteiger charge is 2.15. The molecule has 0 spiro atoms. The number of rotatable bonds is 4. The molecule has 0 aromatic heterocycles. The molecule has 0 aliphatic carbocycles. The standard InChI is InChI=1S/C15H10O5/c16-13(9-4-2-1-3-5-9)12-8-10(14(17)18)6-7-11(12)15(19)20/h1-8H,(H,17,18)(H,19,20)/p-2. The molecular weight excluding hydrogens is 260 g/mol. The van der Waals surface area contributed by atoms with Crippen molar-refractivity contribution in [3.05, 3.63) is 70.8 Å². The largest absolute Gasteiger partial charge is 0.545 e. The van der Waals surface area contributed by atoms with Crippen LogP contribution >= 0.6 is 0 Å². The van der Waals surface area contributed by atoms with Crippen LogP contribution in [0.5, 0.6) is 0 Å². The van der Waals surface area contributed by atoms with E-state index in [0.29, 0.717) is 0 Å². The van der Waals surface area contributed by atoms with Gasteiger partial charge in [-0.1, -0.05) is 42.5 Å². The highest BCUT2D eigenvalue weighted by atomic mass is 16.4. The van der Waals surface area contributed by atoms with Gasteiger partial charge in [0.2, 0.25) is 0 Å². The monoisotopic (exact) mass is 268 g/mol. The summed E-state index contributed by atoms with van der Waals surface area (Å²) in [4.78, 5) is 34.1. The first-order chi connectivity index (χ1) is 9.50. The average Bonchev–Trinajstić information content (AvgIpc) is 2.46. The summed E-state index contributed by atoms with van der Waals surface area (Å²) in [6.45, 7) is 0. The smallest absolute Gasteiger partial charge is 0.193 e. The van der Waals surface area contributed by atoms with Crippen molar-refractivity contribution in [1.29, 1.82) is 0 Å². The van der Waals surface area contributed by atoms with Crippen molar-refractivity contribution in [3.8, 4) is 0 Å². The van der Waals surface area contributed by atoms with E-state index in [1.807, 2.05) is 0 Å². The summed E-state index contributed by atoms with van der Waals surface area (Å²) >= 11 is 0. The number of carboxylic acids is 2. The first kappa shape index (κ1) is 13.5. The minimum Gasteiger partial charge on any atom is -0.545 e. The van der Waals surface area contributed by atoms with Crippen LogP contribution in [0.25, 0.3) is 0 Å². The maximum atomic E-state index is 12.2. The molecule has 5 heteroatoms. The van der Waals surface area contributed by atoms with Crippen LogP contribution in [0.1, 0.15) is 36.6 Å². The number of ketones is 1. The van der Waals surface area contributed by atoms with Crippen LogP contribution in [-0.2, 0) is 0 Å². The topological polar surface area (TPSA) is 97.3 Å². The molecule has 0 N–H and O–H groups in total. The molecule has 5 nitrogen and oxygen atoms in total. The van der Waals surface area contributed by atoms with E-state index in [-0.39, 0.29) is 22.3 Å². The second-order valence-corrected chi connectivity index (χ2v) is 4.03. The number of hydrogen-bond donors (Lipinski definition) is 0. The van der Waals surface area contributed by atoms with Crippen LogP contribution in [0.3, 0.4) is 0 Å². The third-order valence-electron chi connectivity index (χ3n) is 2.76. The van der Waals surface area contributed by atoms with Gasteiger partial charge in [-0.15, -0.1) is 0 Å². The van der Waals surface area contributed by atoms with E-state index >= 15 is 0 Å². The molecule has 0 radical (unpaired) electrons. The molecule has 2 aromatic rings. The number of benzene rings is 2. The predicted molar refractivity (Wildman–Crippen MR) is 65.0 cm³/mol. The molecule has 20 heavy (non-hydrogen) atoms. The third kappa shape index (κ3) is 2.56. The molecular formula is C15H8O5-2. The van der Waals surface area contributed by atoms with Gasteiger partial charge in [0, 0.05) is 16.7 Å². The minimum atomic E-state index is -1.55. The van der Waals surface area contributed by atoms with Crippen LogP contribution in [-0.4, -0.2) is 17.7 Å². The summed E-state index contributed by atoms with van der Waals surface area (Å²) < 4.78 is 0. The Morgan fingerprint density at radius 1 is 0.700 bits per heavy atom. The van der Waals surface area contributed by atoms with Crippen LogP contribution in [0.4, 0.5) is 0 Å². The lowest BCUT2D eigenvalue weighted by Gasteiger charge is -2.12. The molecule has 0 aliphatic rings.